The van der Waals surface area contributed by atoms with Gasteiger partial charge in [0.1, 0.15) is 5.82 Å². The van der Waals surface area contributed by atoms with Crippen LogP contribution in [0.3, 0.4) is 0 Å². The van der Waals surface area contributed by atoms with E-state index in [4.69, 9.17) is 0 Å². The molecule has 0 unspecified atom stereocenters. The van der Waals surface area contributed by atoms with Gasteiger partial charge in [0.2, 0.25) is 5.91 Å². The smallest absolute Gasteiger partial charge is 0.325 e. The summed E-state index contributed by atoms with van der Waals surface area (Å²) >= 11 is 0. The molecule has 0 atom stereocenters. The number of hydrogen-bond donors (Lipinski definition) is 4. The van der Waals surface area contributed by atoms with Crippen molar-refractivity contribution in [1.29, 1.82) is 0 Å². The summed E-state index contributed by atoms with van der Waals surface area (Å²) < 4.78 is 0. The maximum atomic E-state index is 12.0. The van der Waals surface area contributed by atoms with Crippen LogP contribution in [0.5, 0.6) is 0 Å². The summed E-state index contributed by atoms with van der Waals surface area (Å²) in [7, 11) is 0. The molecule has 0 fully saturated rings. The lowest BCUT2D eigenvalue weighted by Gasteiger charge is -2.05. The number of rotatable bonds is 4. The number of fused-ring (bicyclic) bond motifs is 1. The summed E-state index contributed by atoms with van der Waals surface area (Å²) in [5, 5.41) is 2.70. The second kappa shape index (κ2) is 5.91. The molecule has 1 aromatic carbocycles. The molecule has 3 rings (SSSR count). The number of H-pyrrole nitrogens is 3. The van der Waals surface area contributed by atoms with Crippen LogP contribution in [-0.4, -0.2) is 25.8 Å². The van der Waals surface area contributed by atoms with Gasteiger partial charge in [-0.15, -0.1) is 0 Å². The maximum Gasteiger partial charge on any atom is 0.325 e. The van der Waals surface area contributed by atoms with Crippen LogP contribution in [0.2, 0.25) is 0 Å². The average Bonchev–Trinajstić information content (AvgIpc) is 2.91. The minimum Gasteiger partial charge on any atom is -0.349 e. The molecule has 4 N–H and O–H groups in total. The van der Waals surface area contributed by atoms with Crippen LogP contribution in [0.1, 0.15) is 17.1 Å². The van der Waals surface area contributed by atoms with Gasteiger partial charge in [-0.2, -0.15) is 0 Å². The Morgan fingerprint density at radius 2 is 1.96 bits per heavy atom. The van der Waals surface area contributed by atoms with E-state index in [1.165, 1.54) is 0 Å². The minimum atomic E-state index is -0.584. The zero-order valence-electron chi connectivity index (χ0n) is 12.4. The molecule has 2 aromatic heterocycles. The number of carbonyl (C=O) groups excluding carboxylic acids is 1. The lowest BCUT2D eigenvalue weighted by Crippen LogP contribution is -2.32. The molecule has 1 amide bonds. The Morgan fingerprint density at radius 1 is 1.17 bits per heavy atom. The first-order valence-corrected chi connectivity index (χ1v) is 7.05. The fourth-order valence-corrected chi connectivity index (χ4v) is 2.33. The number of carbonyl (C=O) groups is 1. The standard InChI is InChI=1S/C15H15N5O3/c1-8-9(14(22)20-15(23)17-8)6-13(21)16-7-12-18-10-4-2-3-5-11(10)19-12/h2-5H,6-7H2,1H3,(H,16,21)(H,18,19)(H2,17,20,22,23). The molecular formula is C15H15N5O3. The van der Waals surface area contributed by atoms with Crippen LogP contribution in [0, 0.1) is 6.92 Å². The first kappa shape index (κ1) is 14.8. The van der Waals surface area contributed by atoms with Crippen molar-refractivity contribution in [2.75, 3.05) is 0 Å². The average molecular weight is 313 g/mol. The normalized spacial score (nSPS) is 10.8. The number of aromatic nitrogens is 4. The molecule has 0 aliphatic rings. The highest BCUT2D eigenvalue weighted by Crippen LogP contribution is 2.09. The molecule has 0 bridgehead atoms. The summed E-state index contributed by atoms with van der Waals surface area (Å²) in [6.07, 6.45) is -0.113. The number of nitrogens with zero attached hydrogens (tertiary/aromatic N) is 1. The summed E-state index contributed by atoms with van der Waals surface area (Å²) in [6, 6.07) is 7.56. The zero-order chi connectivity index (χ0) is 16.4. The van der Waals surface area contributed by atoms with Gasteiger partial charge in [0.15, 0.2) is 0 Å². The highest BCUT2D eigenvalue weighted by Gasteiger charge is 2.11. The van der Waals surface area contributed by atoms with Gasteiger partial charge in [-0.3, -0.25) is 14.6 Å². The third-order valence-electron chi connectivity index (χ3n) is 3.48. The van der Waals surface area contributed by atoms with Crippen LogP contribution >= 0.6 is 0 Å². The van der Waals surface area contributed by atoms with Gasteiger partial charge in [0, 0.05) is 11.3 Å². The van der Waals surface area contributed by atoms with Gasteiger partial charge >= 0.3 is 5.69 Å². The number of para-hydroxylation sites is 2. The van der Waals surface area contributed by atoms with E-state index in [1.807, 2.05) is 24.3 Å². The van der Waals surface area contributed by atoms with E-state index in [0.717, 1.165) is 11.0 Å². The van der Waals surface area contributed by atoms with Gasteiger partial charge in [-0.25, -0.2) is 9.78 Å². The van der Waals surface area contributed by atoms with E-state index in [9.17, 15) is 14.4 Å². The van der Waals surface area contributed by atoms with Crippen molar-refractivity contribution in [2.24, 2.45) is 0 Å². The van der Waals surface area contributed by atoms with E-state index in [-0.39, 0.29) is 24.4 Å². The first-order chi connectivity index (χ1) is 11.0. The lowest BCUT2D eigenvalue weighted by molar-refractivity contribution is -0.120. The second-order valence-electron chi connectivity index (χ2n) is 5.17. The number of aromatic amines is 3. The fourth-order valence-electron chi connectivity index (χ4n) is 2.33. The molecule has 0 saturated carbocycles. The van der Waals surface area contributed by atoms with Crippen LogP contribution in [-0.2, 0) is 17.8 Å². The Kier molecular flexibility index (Phi) is 3.80. The van der Waals surface area contributed by atoms with E-state index in [2.05, 4.69) is 25.3 Å². The molecule has 0 saturated heterocycles. The number of aryl methyl sites for hydroxylation is 1. The summed E-state index contributed by atoms with van der Waals surface area (Å²) in [5.74, 6) is 0.303. The molecule has 0 spiro atoms. The van der Waals surface area contributed by atoms with E-state index in [1.54, 1.807) is 6.92 Å². The van der Waals surface area contributed by atoms with Crippen LogP contribution in [0.15, 0.2) is 33.9 Å². The Bertz CT molecular complexity index is 949. The maximum absolute atomic E-state index is 12.0. The number of imidazole rings is 1. The van der Waals surface area contributed by atoms with Crippen molar-refractivity contribution in [3.63, 3.8) is 0 Å². The van der Waals surface area contributed by atoms with Crippen molar-refractivity contribution in [2.45, 2.75) is 19.9 Å². The van der Waals surface area contributed by atoms with Crippen molar-refractivity contribution in [3.8, 4) is 0 Å². The molecule has 0 radical (unpaired) electrons. The monoisotopic (exact) mass is 313 g/mol. The molecule has 0 aliphatic carbocycles. The van der Waals surface area contributed by atoms with Gasteiger partial charge < -0.3 is 15.3 Å². The lowest BCUT2D eigenvalue weighted by atomic mass is 10.1. The highest BCUT2D eigenvalue weighted by atomic mass is 16.2. The Balaban J connectivity index is 1.68. The molecule has 23 heavy (non-hydrogen) atoms. The van der Waals surface area contributed by atoms with Gasteiger partial charge in [0.25, 0.3) is 5.56 Å². The summed E-state index contributed by atoms with van der Waals surface area (Å²) in [5.41, 5.74) is 1.21. The molecule has 2 heterocycles. The molecule has 0 aliphatic heterocycles. The van der Waals surface area contributed by atoms with E-state index < -0.39 is 11.2 Å². The van der Waals surface area contributed by atoms with Gasteiger partial charge in [-0.1, -0.05) is 12.1 Å². The first-order valence-electron chi connectivity index (χ1n) is 7.05. The molecule has 3 aromatic rings. The SMILES string of the molecule is Cc1[nH]c(=O)[nH]c(=O)c1CC(=O)NCc1nc2ccccc2[nH]1. The second-order valence-corrected chi connectivity index (χ2v) is 5.17. The Morgan fingerprint density at radius 3 is 2.70 bits per heavy atom. The van der Waals surface area contributed by atoms with Crippen molar-refractivity contribution in [1.82, 2.24) is 25.3 Å². The molecule has 8 nitrogen and oxygen atoms in total. The van der Waals surface area contributed by atoms with Gasteiger partial charge in [-0.05, 0) is 19.1 Å². The predicted molar refractivity (Wildman–Crippen MR) is 84.1 cm³/mol. The van der Waals surface area contributed by atoms with E-state index in [0.29, 0.717) is 11.5 Å². The van der Waals surface area contributed by atoms with Crippen molar-refractivity contribution < 1.29 is 4.79 Å². The quantitative estimate of drug-likeness (QED) is 0.545. The summed E-state index contributed by atoms with van der Waals surface area (Å²) in [6.45, 7) is 1.81. The Hall–Kier alpha value is -3.16. The van der Waals surface area contributed by atoms with Crippen molar-refractivity contribution >= 4 is 16.9 Å². The zero-order valence-corrected chi connectivity index (χ0v) is 12.4. The third-order valence-corrected chi connectivity index (χ3v) is 3.48. The number of benzene rings is 1. The topological polar surface area (TPSA) is 124 Å². The van der Waals surface area contributed by atoms with E-state index >= 15 is 0 Å². The largest absolute Gasteiger partial charge is 0.349 e. The van der Waals surface area contributed by atoms with Crippen LogP contribution < -0.4 is 16.6 Å². The predicted octanol–water partition coefficient (Wildman–Crippen LogP) is 0.107. The van der Waals surface area contributed by atoms with Crippen molar-refractivity contribution in [3.05, 3.63) is 62.2 Å². The molecular weight excluding hydrogens is 298 g/mol. The molecule has 118 valence electrons. The number of nitrogens with one attached hydrogen (secondary N) is 4. The van der Waals surface area contributed by atoms with Gasteiger partial charge in [0.05, 0.1) is 24.0 Å². The highest BCUT2D eigenvalue weighted by molar-refractivity contribution is 5.79. The number of hydrogen-bond acceptors (Lipinski definition) is 4. The Labute approximate surface area is 130 Å². The summed E-state index contributed by atoms with van der Waals surface area (Å²) in [4.78, 5) is 46.9. The fraction of sp³-hybridized carbons (Fsp3) is 0.200. The third kappa shape index (κ3) is 3.20. The van der Waals surface area contributed by atoms with Crippen LogP contribution in [0.4, 0.5) is 0 Å². The van der Waals surface area contributed by atoms with Crippen LogP contribution in [0.25, 0.3) is 11.0 Å². The number of amides is 1. The molecule has 8 heteroatoms. The minimum absolute atomic E-state index is 0.113.